The fourth-order valence-corrected chi connectivity index (χ4v) is 3.90. The Morgan fingerprint density at radius 3 is 2.59 bits per heavy atom. The van der Waals surface area contributed by atoms with Crippen molar-refractivity contribution >= 4 is 17.8 Å². The predicted octanol–water partition coefficient (Wildman–Crippen LogP) is 3.63. The van der Waals surface area contributed by atoms with E-state index in [2.05, 4.69) is 15.6 Å². The van der Waals surface area contributed by atoms with E-state index in [0.717, 1.165) is 56.3 Å². The lowest BCUT2D eigenvalue weighted by Gasteiger charge is -2.36. The smallest absolute Gasteiger partial charge is 0.243 e. The number of aromatic nitrogens is 1. The highest BCUT2D eigenvalue weighted by Gasteiger charge is 2.38. The summed E-state index contributed by atoms with van der Waals surface area (Å²) < 4.78 is 0. The van der Waals surface area contributed by atoms with Gasteiger partial charge in [-0.25, -0.2) is 0 Å². The maximum Gasteiger partial charge on any atom is 0.243 e. The number of ketones is 1. The number of carbonyl (C=O) groups is 2. The van der Waals surface area contributed by atoms with E-state index in [0.29, 0.717) is 6.54 Å². The largest absolute Gasteiger partial charge is 0.353 e. The molecule has 29 heavy (non-hydrogen) atoms. The molecular weight excluding hydrogens is 362 g/mol. The molecule has 1 fully saturated rings. The highest BCUT2D eigenvalue weighted by molar-refractivity contribution is 6.00. The summed E-state index contributed by atoms with van der Waals surface area (Å²) in [6.45, 7) is 2.38. The number of nitrogens with zero attached hydrogens (tertiary/aromatic N) is 1. The molecule has 2 N–H and O–H groups in total. The molecule has 0 aliphatic carbocycles. The van der Waals surface area contributed by atoms with Gasteiger partial charge in [0.15, 0.2) is 5.78 Å². The second kappa shape index (κ2) is 10.7. The fourth-order valence-electron chi connectivity index (χ4n) is 3.90. The summed E-state index contributed by atoms with van der Waals surface area (Å²) in [5, 5.41) is 6.29. The zero-order chi connectivity index (χ0) is 20.4. The molecule has 3 rings (SSSR count). The normalized spacial score (nSPS) is 15.9. The van der Waals surface area contributed by atoms with Gasteiger partial charge in [-0.3, -0.25) is 14.6 Å². The van der Waals surface area contributed by atoms with Gasteiger partial charge in [0, 0.05) is 36.0 Å². The van der Waals surface area contributed by atoms with Crippen LogP contribution in [0.4, 0.5) is 0 Å². The topological polar surface area (TPSA) is 71.1 Å². The number of hydrogen-bond acceptors (Lipinski definition) is 4. The minimum absolute atomic E-state index is 0.106. The van der Waals surface area contributed by atoms with E-state index in [9.17, 15) is 9.59 Å². The van der Waals surface area contributed by atoms with E-state index in [-0.39, 0.29) is 17.1 Å². The van der Waals surface area contributed by atoms with Crippen molar-refractivity contribution in [3.05, 3.63) is 72.1 Å². The number of Topliss-reactive ketones (excluding diaryl/α,β-unsaturated/α-hetero) is 1. The Hall–Kier alpha value is -2.79. The third kappa shape index (κ3) is 6.09. The quantitative estimate of drug-likeness (QED) is 0.389. The van der Waals surface area contributed by atoms with E-state index in [1.165, 1.54) is 6.08 Å². The van der Waals surface area contributed by atoms with Crippen molar-refractivity contribution in [2.75, 3.05) is 19.6 Å². The molecule has 0 spiro atoms. The molecule has 1 aromatic carbocycles. The van der Waals surface area contributed by atoms with Crippen LogP contribution in [0.25, 0.3) is 6.08 Å². The van der Waals surface area contributed by atoms with E-state index in [1.54, 1.807) is 18.5 Å². The van der Waals surface area contributed by atoms with Gasteiger partial charge in [0.25, 0.3) is 0 Å². The number of pyridine rings is 1. The van der Waals surface area contributed by atoms with Crippen molar-refractivity contribution < 1.29 is 9.59 Å². The molecule has 5 heteroatoms. The minimum atomic E-state index is -0.281. The van der Waals surface area contributed by atoms with Gasteiger partial charge in [0.2, 0.25) is 5.91 Å². The maximum absolute atomic E-state index is 13.2. The Bertz CT molecular complexity index is 813. The first-order valence-electron chi connectivity index (χ1n) is 10.4. The lowest BCUT2D eigenvalue weighted by Crippen LogP contribution is -2.42. The number of hydrogen-bond donors (Lipinski definition) is 2. The molecule has 2 heterocycles. The average molecular weight is 392 g/mol. The van der Waals surface area contributed by atoms with Crippen molar-refractivity contribution in [2.24, 2.45) is 5.41 Å². The second-order valence-electron chi connectivity index (χ2n) is 7.59. The van der Waals surface area contributed by atoms with Crippen LogP contribution in [0.1, 0.15) is 48.0 Å². The van der Waals surface area contributed by atoms with Gasteiger partial charge in [-0.2, -0.15) is 0 Å². The third-order valence-electron chi connectivity index (χ3n) is 5.57. The first kappa shape index (κ1) is 20.9. The number of nitrogens with one attached hydrogen (secondary N) is 2. The van der Waals surface area contributed by atoms with Crippen LogP contribution in [0.2, 0.25) is 0 Å². The Kier molecular flexibility index (Phi) is 7.70. The van der Waals surface area contributed by atoms with Gasteiger partial charge in [-0.1, -0.05) is 42.8 Å². The molecule has 1 aromatic heterocycles. The maximum atomic E-state index is 13.2. The van der Waals surface area contributed by atoms with Crippen molar-refractivity contribution in [1.29, 1.82) is 0 Å². The zero-order valence-electron chi connectivity index (χ0n) is 16.8. The van der Waals surface area contributed by atoms with Crippen LogP contribution in [0.5, 0.6) is 0 Å². The number of amides is 1. The fraction of sp³-hybridized carbons (Fsp3) is 0.375. The molecule has 1 saturated heterocycles. The van der Waals surface area contributed by atoms with Gasteiger partial charge >= 0.3 is 0 Å². The van der Waals surface area contributed by atoms with E-state index >= 15 is 0 Å². The monoisotopic (exact) mass is 391 g/mol. The summed E-state index contributed by atoms with van der Waals surface area (Å²) >= 11 is 0. The second-order valence-corrected chi connectivity index (χ2v) is 7.59. The average Bonchev–Trinajstić information content (AvgIpc) is 2.79. The highest BCUT2D eigenvalue weighted by Crippen LogP contribution is 2.37. The summed E-state index contributed by atoms with van der Waals surface area (Å²) in [5.41, 5.74) is 1.43. The minimum Gasteiger partial charge on any atom is -0.353 e. The van der Waals surface area contributed by atoms with Gasteiger partial charge < -0.3 is 10.6 Å². The molecule has 0 unspecified atom stereocenters. The molecule has 0 radical (unpaired) electrons. The molecule has 152 valence electrons. The SMILES string of the molecule is O=C(/C=C/c1cccnc1)NCCCCC1(C(=O)c2ccccc2)CCNCC1. The van der Waals surface area contributed by atoms with Crippen LogP contribution in [-0.4, -0.2) is 36.3 Å². The molecule has 2 aromatic rings. The highest BCUT2D eigenvalue weighted by atomic mass is 16.1. The summed E-state index contributed by atoms with van der Waals surface area (Å²) in [7, 11) is 0. The van der Waals surface area contributed by atoms with Crippen molar-refractivity contribution in [2.45, 2.75) is 32.1 Å². The summed E-state index contributed by atoms with van der Waals surface area (Å²) in [5.74, 6) is 0.161. The first-order valence-corrected chi connectivity index (χ1v) is 10.4. The van der Waals surface area contributed by atoms with Crippen LogP contribution < -0.4 is 10.6 Å². The molecule has 1 aliphatic heterocycles. The van der Waals surface area contributed by atoms with Crippen LogP contribution >= 0.6 is 0 Å². The van der Waals surface area contributed by atoms with Gasteiger partial charge in [0.05, 0.1) is 0 Å². The van der Waals surface area contributed by atoms with Crippen molar-refractivity contribution in [1.82, 2.24) is 15.6 Å². The Morgan fingerprint density at radius 2 is 1.86 bits per heavy atom. The molecule has 0 bridgehead atoms. The standard InChI is InChI=1S/C24H29N3O2/c28-22(11-10-20-7-6-15-26-19-20)27-16-5-4-12-24(13-17-25-18-14-24)23(29)21-8-2-1-3-9-21/h1-3,6-11,15,19,25H,4-5,12-14,16-18H2,(H,27,28)/b11-10+. The van der Waals surface area contributed by atoms with Crippen LogP contribution in [0, 0.1) is 5.41 Å². The molecular formula is C24H29N3O2. The first-order chi connectivity index (χ1) is 14.2. The summed E-state index contributed by atoms with van der Waals surface area (Å²) in [6.07, 6.45) is 11.1. The van der Waals surface area contributed by atoms with Crippen LogP contribution in [0.15, 0.2) is 60.9 Å². The summed E-state index contributed by atoms with van der Waals surface area (Å²) in [6, 6.07) is 13.4. The molecule has 5 nitrogen and oxygen atoms in total. The molecule has 0 saturated carbocycles. The van der Waals surface area contributed by atoms with E-state index in [4.69, 9.17) is 0 Å². The Labute approximate surface area is 172 Å². The molecule has 1 amide bonds. The number of unbranched alkanes of at least 4 members (excludes halogenated alkanes) is 1. The third-order valence-corrected chi connectivity index (χ3v) is 5.57. The molecule has 1 aliphatic rings. The number of rotatable bonds is 9. The van der Waals surface area contributed by atoms with Crippen molar-refractivity contribution in [3.63, 3.8) is 0 Å². The zero-order valence-corrected chi connectivity index (χ0v) is 16.8. The van der Waals surface area contributed by atoms with Gasteiger partial charge in [-0.15, -0.1) is 0 Å². The lowest BCUT2D eigenvalue weighted by molar-refractivity contribution is -0.116. The number of piperidine rings is 1. The number of benzene rings is 1. The van der Waals surface area contributed by atoms with Crippen LogP contribution in [-0.2, 0) is 4.79 Å². The van der Waals surface area contributed by atoms with Gasteiger partial charge in [0.1, 0.15) is 0 Å². The predicted molar refractivity (Wildman–Crippen MR) is 115 cm³/mol. The Morgan fingerprint density at radius 1 is 1.07 bits per heavy atom. The van der Waals surface area contributed by atoms with Gasteiger partial charge in [-0.05, 0) is 56.5 Å². The van der Waals surface area contributed by atoms with Crippen LogP contribution in [0.3, 0.4) is 0 Å². The van der Waals surface area contributed by atoms with E-state index < -0.39 is 0 Å². The lowest BCUT2D eigenvalue weighted by atomic mass is 9.70. The molecule has 0 atom stereocenters. The summed E-state index contributed by atoms with van der Waals surface area (Å²) in [4.78, 5) is 29.2. The number of carbonyl (C=O) groups excluding carboxylic acids is 2. The van der Waals surface area contributed by atoms with E-state index in [1.807, 2.05) is 42.5 Å². The Balaban J connectivity index is 1.46. The van der Waals surface area contributed by atoms with Crippen molar-refractivity contribution in [3.8, 4) is 0 Å².